The number of aliphatic imine (C=N–C) groups is 1. The van der Waals surface area contributed by atoms with Gasteiger partial charge in [0.2, 0.25) is 0 Å². The summed E-state index contributed by atoms with van der Waals surface area (Å²) in [6.45, 7) is 0.265. The highest BCUT2D eigenvalue weighted by molar-refractivity contribution is 14.0. The summed E-state index contributed by atoms with van der Waals surface area (Å²) in [5.74, 6) is 0.208. The van der Waals surface area contributed by atoms with Crippen molar-refractivity contribution in [2.45, 2.75) is 25.1 Å². The molecule has 0 aromatic heterocycles. The van der Waals surface area contributed by atoms with Gasteiger partial charge in [-0.1, -0.05) is 12.1 Å². The molecule has 0 bridgehead atoms. The molecule has 0 heterocycles. The lowest BCUT2D eigenvalue weighted by Crippen LogP contribution is -2.36. The van der Waals surface area contributed by atoms with E-state index in [0.717, 1.165) is 18.9 Å². The second-order valence-corrected chi connectivity index (χ2v) is 4.92. The van der Waals surface area contributed by atoms with Crippen molar-refractivity contribution in [3.8, 4) is 5.75 Å². The molecule has 0 aliphatic heterocycles. The van der Waals surface area contributed by atoms with E-state index in [1.807, 2.05) is 11.9 Å². The summed E-state index contributed by atoms with van der Waals surface area (Å²) in [5, 5.41) is 0. The highest BCUT2D eigenvalue weighted by Crippen LogP contribution is 2.35. The molecular weight excluding hydrogens is 410 g/mol. The van der Waals surface area contributed by atoms with Crippen molar-refractivity contribution in [2.75, 3.05) is 20.2 Å². The predicted octanol–water partition coefficient (Wildman–Crippen LogP) is 3.11. The van der Waals surface area contributed by atoms with Crippen molar-refractivity contribution in [2.24, 2.45) is 10.7 Å². The number of halogens is 4. The van der Waals surface area contributed by atoms with Crippen LogP contribution in [0.15, 0.2) is 29.3 Å². The number of ether oxygens (including phenoxy) is 1. The molecule has 1 aliphatic rings. The molecule has 8 heteroatoms. The van der Waals surface area contributed by atoms with E-state index in [2.05, 4.69) is 4.99 Å². The zero-order valence-electron chi connectivity index (χ0n) is 12.1. The molecule has 2 rings (SSSR count). The van der Waals surface area contributed by atoms with Crippen LogP contribution in [0, 0.1) is 0 Å². The zero-order chi connectivity index (χ0) is 15.5. The van der Waals surface area contributed by atoms with Gasteiger partial charge in [-0.05, 0) is 25.0 Å². The van der Waals surface area contributed by atoms with Gasteiger partial charge < -0.3 is 15.4 Å². The molecule has 0 spiro atoms. The van der Waals surface area contributed by atoms with Crippen LogP contribution in [-0.4, -0.2) is 37.1 Å². The molecule has 0 saturated heterocycles. The van der Waals surface area contributed by atoms with Crippen LogP contribution in [0.1, 0.15) is 18.4 Å². The van der Waals surface area contributed by atoms with Crippen molar-refractivity contribution < 1.29 is 17.9 Å². The van der Waals surface area contributed by atoms with E-state index in [4.69, 9.17) is 10.5 Å². The molecule has 0 radical (unpaired) electrons. The number of nitrogens with two attached hydrogens (primary N) is 1. The molecule has 4 nitrogen and oxygen atoms in total. The first-order chi connectivity index (χ1) is 9.89. The molecule has 124 valence electrons. The van der Waals surface area contributed by atoms with Gasteiger partial charge in [-0.25, -0.2) is 4.99 Å². The number of benzene rings is 1. The Labute approximate surface area is 144 Å². The summed E-state index contributed by atoms with van der Waals surface area (Å²) < 4.78 is 43.4. The van der Waals surface area contributed by atoms with Gasteiger partial charge in [0.05, 0.1) is 12.1 Å². The minimum Gasteiger partial charge on any atom is -0.491 e. The van der Waals surface area contributed by atoms with Crippen LogP contribution >= 0.6 is 24.0 Å². The topological polar surface area (TPSA) is 50.8 Å². The second-order valence-electron chi connectivity index (χ2n) is 4.92. The van der Waals surface area contributed by atoms with Crippen molar-refractivity contribution in [1.82, 2.24) is 4.90 Å². The lowest BCUT2D eigenvalue weighted by Gasteiger charge is -2.17. The lowest BCUT2D eigenvalue weighted by atomic mass is 10.2. The maximum Gasteiger partial charge on any atom is 0.419 e. The Balaban J connectivity index is 0.00000242. The zero-order valence-corrected chi connectivity index (χ0v) is 14.5. The van der Waals surface area contributed by atoms with E-state index >= 15 is 0 Å². The van der Waals surface area contributed by atoms with E-state index in [1.54, 1.807) is 0 Å². The quantitative estimate of drug-likeness (QED) is 0.339. The number of hydrogen-bond acceptors (Lipinski definition) is 2. The van der Waals surface area contributed by atoms with Crippen LogP contribution in [0.5, 0.6) is 5.75 Å². The average molecular weight is 429 g/mol. The number of rotatable bonds is 5. The minimum absolute atomic E-state index is 0. The Bertz CT molecular complexity index is 518. The lowest BCUT2D eigenvalue weighted by molar-refractivity contribution is -0.138. The molecule has 0 unspecified atom stereocenters. The largest absolute Gasteiger partial charge is 0.491 e. The summed E-state index contributed by atoms with van der Waals surface area (Å²) in [5.41, 5.74) is 5.00. The van der Waals surface area contributed by atoms with Crippen LogP contribution < -0.4 is 10.5 Å². The second kappa shape index (κ2) is 7.89. The van der Waals surface area contributed by atoms with Crippen LogP contribution in [-0.2, 0) is 6.18 Å². The van der Waals surface area contributed by atoms with Gasteiger partial charge in [-0.2, -0.15) is 13.2 Å². The van der Waals surface area contributed by atoms with Crippen molar-refractivity contribution in [1.29, 1.82) is 0 Å². The maximum absolute atomic E-state index is 12.8. The van der Waals surface area contributed by atoms with E-state index in [-0.39, 0.29) is 42.9 Å². The van der Waals surface area contributed by atoms with Crippen molar-refractivity contribution in [3.63, 3.8) is 0 Å². The fraction of sp³-hybridized carbons (Fsp3) is 0.500. The van der Waals surface area contributed by atoms with Gasteiger partial charge in [0.25, 0.3) is 0 Å². The fourth-order valence-electron chi connectivity index (χ4n) is 1.90. The summed E-state index contributed by atoms with van der Waals surface area (Å²) in [7, 11) is 1.86. The molecule has 22 heavy (non-hydrogen) atoms. The Hall–Kier alpha value is -1.19. The first-order valence-corrected chi connectivity index (χ1v) is 6.71. The highest BCUT2D eigenvalue weighted by Gasteiger charge is 2.34. The number of para-hydroxylation sites is 1. The van der Waals surface area contributed by atoms with E-state index in [1.165, 1.54) is 18.2 Å². The molecule has 1 fully saturated rings. The van der Waals surface area contributed by atoms with Gasteiger partial charge in [-0.3, -0.25) is 0 Å². The SMILES string of the molecule is CN(C(N)=NCCOc1ccccc1C(F)(F)F)C1CC1.I. The smallest absolute Gasteiger partial charge is 0.419 e. The number of guanidine groups is 1. The van der Waals surface area contributed by atoms with E-state index in [0.29, 0.717) is 12.0 Å². The number of nitrogens with zero attached hydrogens (tertiary/aromatic N) is 2. The first kappa shape index (κ1) is 18.9. The van der Waals surface area contributed by atoms with Crippen LogP contribution in [0.25, 0.3) is 0 Å². The molecule has 1 aliphatic carbocycles. The molecular formula is C14H19F3IN3O. The summed E-state index contributed by atoms with van der Waals surface area (Å²) in [4.78, 5) is 5.98. The summed E-state index contributed by atoms with van der Waals surface area (Å²) >= 11 is 0. The van der Waals surface area contributed by atoms with Crippen molar-refractivity contribution in [3.05, 3.63) is 29.8 Å². The third kappa shape index (κ3) is 5.22. The normalized spacial score (nSPS) is 15.2. The van der Waals surface area contributed by atoms with Gasteiger partial charge in [0.1, 0.15) is 12.4 Å². The number of alkyl halides is 3. The Morgan fingerprint density at radius 1 is 1.36 bits per heavy atom. The Morgan fingerprint density at radius 2 is 2.00 bits per heavy atom. The highest BCUT2D eigenvalue weighted by atomic mass is 127. The third-order valence-corrected chi connectivity index (χ3v) is 3.27. The number of hydrogen-bond donors (Lipinski definition) is 1. The van der Waals surface area contributed by atoms with Gasteiger partial charge in [-0.15, -0.1) is 24.0 Å². The summed E-state index contributed by atoms with van der Waals surface area (Å²) in [6.07, 6.45) is -2.23. The van der Waals surface area contributed by atoms with Crippen LogP contribution in [0.3, 0.4) is 0 Å². The molecule has 2 N–H and O–H groups in total. The van der Waals surface area contributed by atoms with Gasteiger partial charge in [0, 0.05) is 13.1 Å². The minimum atomic E-state index is -4.43. The van der Waals surface area contributed by atoms with E-state index < -0.39 is 11.7 Å². The predicted molar refractivity (Wildman–Crippen MR) is 89.6 cm³/mol. The molecule has 0 amide bonds. The summed E-state index contributed by atoms with van der Waals surface area (Å²) in [6, 6.07) is 5.57. The molecule has 1 aromatic rings. The van der Waals surface area contributed by atoms with Gasteiger partial charge >= 0.3 is 6.18 Å². The standard InChI is InChI=1S/C14H18F3N3O.HI/c1-20(10-6-7-10)13(18)19-8-9-21-12-5-3-2-4-11(12)14(15,16)17;/h2-5,10H,6-9H2,1H3,(H2,18,19);1H. The van der Waals surface area contributed by atoms with Gasteiger partial charge in [0.15, 0.2) is 5.96 Å². The monoisotopic (exact) mass is 429 g/mol. The van der Waals surface area contributed by atoms with Crippen LogP contribution in [0.2, 0.25) is 0 Å². The van der Waals surface area contributed by atoms with E-state index in [9.17, 15) is 13.2 Å². The maximum atomic E-state index is 12.8. The average Bonchev–Trinajstić information content (AvgIpc) is 3.26. The third-order valence-electron chi connectivity index (χ3n) is 3.27. The van der Waals surface area contributed by atoms with Crippen molar-refractivity contribution >= 4 is 29.9 Å². The molecule has 1 saturated carbocycles. The Morgan fingerprint density at radius 3 is 2.59 bits per heavy atom. The molecule has 1 aromatic carbocycles. The van der Waals surface area contributed by atoms with Crippen LogP contribution in [0.4, 0.5) is 13.2 Å². The molecule has 0 atom stereocenters. The fourth-order valence-corrected chi connectivity index (χ4v) is 1.90. The Kier molecular flexibility index (Phi) is 6.76. The first-order valence-electron chi connectivity index (χ1n) is 6.71.